The maximum Gasteiger partial charge on any atom is 0.243 e. The van der Waals surface area contributed by atoms with Crippen molar-refractivity contribution in [3.63, 3.8) is 0 Å². The predicted octanol–water partition coefficient (Wildman–Crippen LogP) is 3.55. The number of nitrogens with zero attached hydrogens (tertiary/aromatic N) is 5. The second kappa shape index (κ2) is 8.37. The first-order valence-corrected chi connectivity index (χ1v) is 10.7. The van der Waals surface area contributed by atoms with Crippen molar-refractivity contribution in [3.05, 3.63) is 78.0 Å². The van der Waals surface area contributed by atoms with Crippen molar-refractivity contribution in [3.8, 4) is 5.69 Å². The molecule has 1 fully saturated rings. The van der Waals surface area contributed by atoms with E-state index in [9.17, 15) is 9.18 Å². The first-order chi connectivity index (χ1) is 15.6. The first-order valence-electron chi connectivity index (χ1n) is 10.7. The van der Waals surface area contributed by atoms with E-state index in [-0.39, 0.29) is 17.8 Å². The summed E-state index contributed by atoms with van der Waals surface area (Å²) in [6, 6.07) is 13.9. The van der Waals surface area contributed by atoms with E-state index in [1.165, 1.54) is 12.1 Å². The second-order valence-corrected chi connectivity index (χ2v) is 7.96. The number of hydrogen-bond donors (Lipinski definition) is 1. The van der Waals surface area contributed by atoms with Crippen LogP contribution in [0.2, 0.25) is 0 Å². The van der Waals surface area contributed by atoms with Crippen LogP contribution in [-0.4, -0.2) is 38.2 Å². The Kier molecular flexibility index (Phi) is 5.26. The number of fused-ring (bicyclic) bond motifs is 1. The highest BCUT2D eigenvalue weighted by Crippen LogP contribution is 2.26. The van der Waals surface area contributed by atoms with Crippen LogP contribution in [0.5, 0.6) is 0 Å². The normalized spacial score (nSPS) is 15.9. The Labute approximate surface area is 184 Å². The molecule has 2 aromatic heterocycles. The number of hydrogen-bond acceptors (Lipinski definition) is 5. The molecule has 1 aliphatic rings. The van der Waals surface area contributed by atoms with E-state index in [1.807, 2.05) is 48.4 Å². The minimum Gasteiger partial charge on any atom is -0.350 e. The van der Waals surface area contributed by atoms with Gasteiger partial charge in [-0.2, -0.15) is 5.10 Å². The summed E-state index contributed by atoms with van der Waals surface area (Å²) in [7, 11) is 0. The third-order valence-corrected chi connectivity index (χ3v) is 5.80. The van der Waals surface area contributed by atoms with Crippen LogP contribution in [0.3, 0.4) is 0 Å². The fourth-order valence-electron chi connectivity index (χ4n) is 4.18. The third-order valence-electron chi connectivity index (χ3n) is 5.80. The zero-order valence-corrected chi connectivity index (χ0v) is 17.7. The molecule has 0 spiro atoms. The summed E-state index contributed by atoms with van der Waals surface area (Å²) in [5.74, 6) is 0.152. The fourth-order valence-corrected chi connectivity index (χ4v) is 4.18. The van der Waals surface area contributed by atoms with E-state index in [2.05, 4.69) is 20.4 Å². The number of aryl methyl sites for hydroxylation is 1. The molecule has 7 nitrogen and oxygen atoms in total. The molecule has 8 heteroatoms. The molecule has 1 atom stereocenters. The van der Waals surface area contributed by atoms with E-state index in [1.54, 1.807) is 16.9 Å². The van der Waals surface area contributed by atoms with Gasteiger partial charge in [-0.1, -0.05) is 12.1 Å². The number of benzene rings is 2. The average Bonchev–Trinajstić information content (AvgIpc) is 3.50. The van der Waals surface area contributed by atoms with Crippen LogP contribution in [0, 0.1) is 12.7 Å². The van der Waals surface area contributed by atoms with Gasteiger partial charge in [-0.15, -0.1) is 0 Å². The highest BCUT2D eigenvalue weighted by atomic mass is 19.1. The Morgan fingerprint density at radius 1 is 1.19 bits per heavy atom. The summed E-state index contributed by atoms with van der Waals surface area (Å²) >= 11 is 0. The van der Waals surface area contributed by atoms with Crippen LogP contribution in [-0.2, 0) is 11.3 Å². The van der Waals surface area contributed by atoms with Gasteiger partial charge in [-0.3, -0.25) is 4.79 Å². The zero-order chi connectivity index (χ0) is 22.1. The first kappa shape index (κ1) is 20.1. The summed E-state index contributed by atoms with van der Waals surface area (Å²) in [5, 5.41) is 7.99. The Morgan fingerprint density at radius 2 is 2.09 bits per heavy atom. The molecule has 4 aromatic rings. The van der Waals surface area contributed by atoms with Crippen LogP contribution in [0.1, 0.15) is 24.1 Å². The van der Waals surface area contributed by atoms with E-state index in [0.717, 1.165) is 24.1 Å². The molecule has 32 heavy (non-hydrogen) atoms. The lowest BCUT2D eigenvalue weighted by Crippen LogP contribution is -2.43. The molecular weight excluding hydrogens is 407 g/mol. The van der Waals surface area contributed by atoms with Gasteiger partial charge in [0.15, 0.2) is 0 Å². The lowest BCUT2D eigenvalue weighted by atomic mass is 10.1. The van der Waals surface area contributed by atoms with Crippen molar-refractivity contribution < 1.29 is 9.18 Å². The van der Waals surface area contributed by atoms with Gasteiger partial charge < -0.3 is 10.2 Å². The van der Waals surface area contributed by atoms with Gasteiger partial charge in [-0.05, 0) is 61.7 Å². The Bertz CT molecular complexity index is 1270. The lowest BCUT2D eigenvalue weighted by molar-refractivity contribution is -0.122. The Morgan fingerprint density at radius 3 is 2.94 bits per heavy atom. The highest BCUT2D eigenvalue weighted by Gasteiger charge is 2.32. The standard InChI is InChI=1S/C24H23FN6O/c1-16-20-14-18(25)8-9-21(20)29-24(28-16)30-11-3-7-22(30)23(32)26-15-17-5-2-6-19(13-17)31-12-4-10-27-31/h2,4-6,8-10,12-14,22H,3,7,11,15H2,1H3,(H,26,32). The minimum absolute atomic E-state index is 0.0487. The van der Waals surface area contributed by atoms with Gasteiger partial charge in [0.05, 0.1) is 16.9 Å². The zero-order valence-electron chi connectivity index (χ0n) is 17.7. The fraction of sp³-hybridized carbons (Fsp3) is 0.250. The maximum atomic E-state index is 13.6. The summed E-state index contributed by atoms with van der Waals surface area (Å²) in [6.45, 7) is 2.97. The Hall–Kier alpha value is -3.81. The number of rotatable bonds is 5. The molecule has 1 saturated heterocycles. The molecule has 1 aliphatic heterocycles. The van der Waals surface area contributed by atoms with Gasteiger partial charge in [0.25, 0.3) is 0 Å². The quantitative estimate of drug-likeness (QED) is 0.524. The summed E-state index contributed by atoms with van der Waals surface area (Å²) in [6.07, 6.45) is 5.24. The van der Waals surface area contributed by atoms with E-state index < -0.39 is 0 Å². The summed E-state index contributed by atoms with van der Waals surface area (Å²) < 4.78 is 15.4. The SMILES string of the molecule is Cc1nc(N2CCCC2C(=O)NCc2cccc(-n3cccn3)c2)nc2ccc(F)cc12. The largest absolute Gasteiger partial charge is 0.350 e. The van der Waals surface area contributed by atoms with Crippen molar-refractivity contribution >= 4 is 22.8 Å². The molecule has 0 radical (unpaired) electrons. The van der Waals surface area contributed by atoms with Crippen LogP contribution in [0.4, 0.5) is 10.3 Å². The molecule has 0 aliphatic carbocycles. The third kappa shape index (κ3) is 3.91. The molecule has 2 aromatic carbocycles. The number of carbonyl (C=O) groups excluding carboxylic acids is 1. The molecule has 5 rings (SSSR count). The lowest BCUT2D eigenvalue weighted by Gasteiger charge is -2.24. The molecule has 162 valence electrons. The number of nitrogens with one attached hydrogen (secondary N) is 1. The van der Waals surface area contributed by atoms with E-state index >= 15 is 0 Å². The van der Waals surface area contributed by atoms with Crippen LogP contribution in [0.15, 0.2) is 60.9 Å². The number of halogens is 1. The van der Waals surface area contributed by atoms with Gasteiger partial charge in [-0.25, -0.2) is 19.0 Å². The minimum atomic E-state index is -0.332. The molecule has 1 N–H and O–H groups in total. The molecule has 1 amide bonds. The van der Waals surface area contributed by atoms with Gasteiger partial charge in [0.1, 0.15) is 11.9 Å². The number of carbonyl (C=O) groups is 1. The van der Waals surface area contributed by atoms with Gasteiger partial charge in [0.2, 0.25) is 11.9 Å². The van der Waals surface area contributed by atoms with E-state index in [4.69, 9.17) is 0 Å². The summed E-state index contributed by atoms with van der Waals surface area (Å²) in [4.78, 5) is 24.2. The predicted molar refractivity (Wildman–Crippen MR) is 120 cm³/mol. The molecule has 3 heterocycles. The van der Waals surface area contributed by atoms with Gasteiger partial charge >= 0.3 is 0 Å². The maximum absolute atomic E-state index is 13.6. The van der Waals surface area contributed by atoms with Crippen molar-refractivity contribution in [1.29, 1.82) is 0 Å². The van der Waals surface area contributed by atoms with Crippen LogP contribution >= 0.6 is 0 Å². The molecular formula is C24H23FN6O. The number of amides is 1. The topological polar surface area (TPSA) is 75.9 Å². The van der Waals surface area contributed by atoms with Crippen LogP contribution < -0.4 is 10.2 Å². The van der Waals surface area contributed by atoms with Crippen molar-refractivity contribution in [2.45, 2.75) is 32.4 Å². The van der Waals surface area contributed by atoms with Crippen molar-refractivity contribution in [2.24, 2.45) is 0 Å². The summed E-state index contributed by atoms with van der Waals surface area (Å²) in [5.41, 5.74) is 3.32. The van der Waals surface area contributed by atoms with Gasteiger partial charge in [0, 0.05) is 30.9 Å². The van der Waals surface area contributed by atoms with E-state index in [0.29, 0.717) is 35.6 Å². The van der Waals surface area contributed by atoms with Crippen molar-refractivity contribution in [1.82, 2.24) is 25.1 Å². The molecule has 0 bridgehead atoms. The number of aromatic nitrogens is 4. The molecule has 0 saturated carbocycles. The van der Waals surface area contributed by atoms with Crippen molar-refractivity contribution in [2.75, 3.05) is 11.4 Å². The Balaban J connectivity index is 1.32. The average molecular weight is 430 g/mol. The highest BCUT2D eigenvalue weighted by molar-refractivity contribution is 5.86. The monoisotopic (exact) mass is 430 g/mol. The molecule has 1 unspecified atom stereocenters. The smallest absolute Gasteiger partial charge is 0.243 e. The number of anilines is 1. The van der Waals surface area contributed by atoms with Crippen LogP contribution in [0.25, 0.3) is 16.6 Å². The second-order valence-electron chi connectivity index (χ2n) is 7.96.